The second-order valence-electron chi connectivity index (χ2n) is 6.90. The SMILES string of the molecule is CC.OC(C1=CN2C(=NCC2c2cncc(NC3CCCNC3)n2)C=N1)C(F)(F)F. The van der Waals surface area contributed by atoms with Crippen LogP contribution in [0.1, 0.15) is 38.4 Å². The van der Waals surface area contributed by atoms with E-state index >= 15 is 0 Å². The first kappa shape index (κ1) is 22.2. The van der Waals surface area contributed by atoms with Crippen LogP contribution in [0.15, 0.2) is 34.3 Å². The van der Waals surface area contributed by atoms with Gasteiger partial charge in [-0.25, -0.2) is 4.98 Å². The van der Waals surface area contributed by atoms with Crippen LogP contribution in [-0.4, -0.2) is 70.0 Å². The number of rotatable bonds is 4. The van der Waals surface area contributed by atoms with Gasteiger partial charge in [0.2, 0.25) is 0 Å². The summed E-state index contributed by atoms with van der Waals surface area (Å²) in [5, 5.41) is 16.2. The zero-order valence-electron chi connectivity index (χ0n) is 16.9. The largest absolute Gasteiger partial charge is 0.420 e. The molecule has 0 aromatic carbocycles. The van der Waals surface area contributed by atoms with Crippen molar-refractivity contribution < 1.29 is 18.3 Å². The average Bonchev–Trinajstić information content (AvgIpc) is 3.18. The minimum absolute atomic E-state index is 0.254. The summed E-state index contributed by atoms with van der Waals surface area (Å²) in [7, 11) is 0. The van der Waals surface area contributed by atoms with Gasteiger partial charge in [0, 0.05) is 18.8 Å². The third-order valence-electron chi connectivity index (χ3n) is 4.86. The molecule has 164 valence electrons. The lowest BCUT2D eigenvalue weighted by molar-refractivity contribution is -0.191. The zero-order valence-corrected chi connectivity index (χ0v) is 16.9. The number of aliphatic hydroxyl groups is 1. The average molecular weight is 425 g/mol. The fraction of sp³-hybridized carbons (Fsp3) is 0.579. The minimum atomic E-state index is -4.79. The van der Waals surface area contributed by atoms with Gasteiger partial charge in [-0.15, -0.1) is 0 Å². The highest BCUT2D eigenvalue weighted by Crippen LogP contribution is 2.32. The molecule has 3 atom stereocenters. The van der Waals surface area contributed by atoms with E-state index in [-0.39, 0.29) is 6.04 Å². The number of halogens is 3. The van der Waals surface area contributed by atoms with Crippen molar-refractivity contribution in [1.82, 2.24) is 20.2 Å². The zero-order chi connectivity index (χ0) is 21.7. The summed E-state index contributed by atoms with van der Waals surface area (Å²) in [6.07, 6.45) is 0.282. The summed E-state index contributed by atoms with van der Waals surface area (Å²) < 4.78 is 38.5. The van der Waals surface area contributed by atoms with Gasteiger partial charge in [-0.2, -0.15) is 13.2 Å². The molecule has 1 saturated heterocycles. The Balaban J connectivity index is 0.00000124. The van der Waals surface area contributed by atoms with Gasteiger partial charge in [-0.05, 0) is 19.4 Å². The maximum Gasteiger partial charge on any atom is 0.420 e. The van der Waals surface area contributed by atoms with E-state index < -0.39 is 24.0 Å². The third-order valence-corrected chi connectivity index (χ3v) is 4.86. The fourth-order valence-corrected chi connectivity index (χ4v) is 3.42. The van der Waals surface area contributed by atoms with Gasteiger partial charge in [-0.1, -0.05) is 13.8 Å². The predicted molar refractivity (Wildman–Crippen MR) is 108 cm³/mol. The highest BCUT2D eigenvalue weighted by molar-refractivity contribution is 6.31. The fourth-order valence-electron chi connectivity index (χ4n) is 3.42. The maximum atomic E-state index is 12.8. The molecule has 3 aliphatic rings. The van der Waals surface area contributed by atoms with Crippen molar-refractivity contribution in [2.24, 2.45) is 9.98 Å². The monoisotopic (exact) mass is 425 g/mol. The van der Waals surface area contributed by atoms with Crippen LogP contribution in [0.5, 0.6) is 0 Å². The summed E-state index contributed by atoms with van der Waals surface area (Å²) in [6.45, 7) is 6.16. The molecule has 0 bridgehead atoms. The number of nitrogens with zero attached hydrogens (tertiary/aromatic N) is 5. The van der Waals surface area contributed by atoms with Crippen LogP contribution < -0.4 is 10.6 Å². The molecule has 0 aliphatic carbocycles. The molecule has 3 N–H and O–H groups in total. The highest BCUT2D eigenvalue weighted by Gasteiger charge is 2.43. The van der Waals surface area contributed by atoms with Crippen LogP contribution >= 0.6 is 0 Å². The summed E-state index contributed by atoms with van der Waals surface area (Å²) in [5.74, 6) is 1.05. The van der Waals surface area contributed by atoms with Gasteiger partial charge in [0.25, 0.3) is 0 Å². The van der Waals surface area contributed by atoms with Crippen molar-refractivity contribution in [3.8, 4) is 0 Å². The van der Waals surface area contributed by atoms with Crippen LogP contribution in [0.25, 0.3) is 0 Å². The molecule has 1 aromatic rings. The molecule has 0 amide bonds. The third kappa shape index (κ3) is 4.96. The Labute approximate surface area is 173 Å². The van der Waals surface area contributed by atoms with Crippen molar-refractivity contribution in [2.75, 3.05) is 25.0 Å². The van der Waals surface area contributed by atoms with Crippen molar-refractivity contribution >= 4 is 17.9 Å². The smallest absolute Gasteiger partial charge is 0.378 e. The molecule has 0 saturated carbocycles. The molecule has 0 radical (unpaired) electrons. The Bertz CT molecular complexity index is 819. The summed E-state index contributed by atoms with van der Waals surface area (Å²) in [5.41, 5.74) is 0.105. The first-order valence-electron chi connectivity index (χ1n) is 10.0. The first-order chi connectivity index (χ1) is 14.4. The topological polar surface area (TPSA) is 98.0 Å². The Morgan fingerprint density at radius 3 is 2.80 bits per heavy atom. The normalized spacial score (nSPS) is 24.3. The van der Waals surface area contributed by atoms with Crippen molar-refractivity contribution in [1.29, 1.82) is 0 Å². The van der Waals surface area contributed by atoms with E-state index in [1.807, 2.05) is 13.8 Å². The molecule has 1 fully saturated rings. The lowest BCUT2D eigenvalue weighted by Gasteiger charge is -2.28. The number of aliphatic imine (C=N–C) groups is 2. The molecule has 4 heterocycles. The molecular weight excluding hydrogens is 399 g/mol. The van der Waals surface area contributed by atoms with Gasteiger partial charge in [0.1, 0.15) is 11.7 Å². The van der Waals surface area contributed by atoms with Crippen LogP contribution in [0.3, 0.4) is 0 Å². The van der Waals surface area contributed by atoms with E-state index in [9.17, 15) is 18.3 Å². The van der Waals surface area contributed by atoms with E-state index in [4.69, 9.17) is 0 Å². The van der Waals surface area contributed by atoms with Gasteiger partial charge < -0.3 is 20.6 Å². The first-order valence-corrected chi connectivity index (χ1v) is 10.0. The predicted octanol–water partition coefficient (Wildman–Crippen LogP) is 2.27. The number of aromatic nitrogens is 2. The number of amidine groups is 1. The molecular formula is C19H26F3N7O. The van der Waals surface area contributed by atoms with Gasteiger partial charge in [0.15, 0.2) is 6.10 Å². The molecule has 11 heteroatoms. The van der Waals surface area contributed by atoms with E-state index in [1.165, 1.54) is 12.4 Å². The molecule has 8 nitrogen and oxygen atoms in total. The van der Waals surface area contributed by atoms with E-state index in [0.29, 0.717) is 23.9 Å². The number of aliphatic hydroxyl groups excluding tert-OH is 1. The molecule has 4 rings (SSSR count). The summed E-state index contributed by atoms with van der Waals surface area (Å²) in [6, 6.07) is -0.153. The number of hydrogen-bond acceptors (Lipinski definition) is 8. The van der Waals surface area contributed by atoms with E-state index in [0.717, 1.165) is 25.9 Å². The number of fused-ring (bicyclic) bond motifs is 1. The second-order valence-corrected chi connectivity index (χ2v) is 6.90. The van der Waals surface area contributed by atoms with Crippen LogP contribution in [0, 0.1) is 0 Å². The van der Waals surface area contributed by atoms with Crippen molar-refractivity contribution in [3.05, 3.63) is 30.0 Å². The van der Waals surface area contributed by atoms with Crippen molar-refractivity contribution in [2.45, 2.75) is 51.1 Å². The Morgan fingerprint density at radius 2 is 2.10 bits per heavy atom. The lowest BCUT2D eigenvalue weighted by atomic mass is 10.1. The van der Waals surface area contributed by atoms with Gasteiger partial charge in [0.05, 0.1) is 42.6 Å². The molecule has 3 aliphatic heterocycles. The van der Waals surface area contributed by atoms with Crippen LogP contribution in [0.2, 0.25) is 0 Å². The quantitative estimate of drug-likeness (QED) is 0.685. The Kier molecular flexibility index (Phi) is 7.03. The molecule has 0 spiro atoms. The van der Waals surface area contributed by atoms with Gasteiger partial charge >= 0.3 is 6.18 Å². The number of nitrogens with one attached hydrogen (secondary N) is 2. The molecule has 3 unspecified atom stereocenters. The number of anilines is 1. The molecule has 30 heavy (non-hydrogen) atoms. The van der Waals surface area contributed by atoms with Crippen LogP contribution in [-0.2, 0) is 0 Å². The Morgan fingerprint density at radius 1 is 1.30 bits per heavy atom. The van der Waals surface area contributed by atoms with Gasteiger partial charge in [-0.3, -0.25) is 15.0 Å². The minimum Gasteiger partial charge on any atom is -0.378 e. The van der Waals surface area contributed by atoms with Crippen molar-refractivity contribution in [3.63, 3.8) is 0 Å². The maximum absolute atomic E-state index is 12.8. The number of hydrogen-bond donors (Lipinski definition) is 3. The van der Waals surface area contributed by atoms with E-state index in [1.54, 1.807) is 17.3 Å². The van der Waals surface area contributed by atoms with E-state index in [2.05, 4.69) is 30.6 Å². The number of alkyl halides is 3. The standard InChI is InChI=1S/C17H20F3N7O.C2H6/c18-17(19,20)16(28)12-9-27-13(6-24-15(27)8-23-12)11-5-22-7-14(26-11)25-10-2-1-3-21-4-10;1-2/h5,7-10,13,16,21,28H,1-4,6H2,(H,25,26);1-2H3. The summed E-state index contributed by atoms with van der Waals surface area (Å²) in [4.78, 5) is 18.4. The van der Waals surface area contributed by atoms with Crippen LogP contribution in [0.4, 0.5) is 19.0 Å². The molecule has 1 aromatic heterocycles. The lowest BCUT2D eigenvalue weighted by Crippen LogP contribution is -2.38. The number of piperidine rings is 1. The highest BCUT2D eigenvalue weighted by atomic mass is 19.4. The Hall–Kier alpha value is -2.53. The second kappa shape index (κ2) is 9.52. The summed E-state index contributed by atoms with van der Waals surface area (Å²) >= 11 is 0.